The Hall–Kier alpha value is -3.61. The van der Waals surface area contributed by atoms with Gasteiger partial charge in [-0.3, -0.25) is 9.59 Å². The molecule has 0 atom stereocenters. The van der Waals surface area contributed by atoms with Crippen molar-refractivity contribution in [2.75, 3.05) is 23.9 Å². The van der Waals surface area contributed by atoms with Crippen LogP contribution in [-0.2, 0) is 16.0 Å². The summed E-state index contributed by atoms with van der Waals surface area (Å²) in [5.74, 6) is 1.96. The second-order valence-corrected chi connectivity index (χ2v) is 7.09. The van der Waals surface area contributed by atoms with Crippen molar-refractivity contribution in [1.29, 1.82) is 0 Å². The van der Waals surface area contributed by atoms with Gasteiger partial charge in [0.15, 0.2) is 11.7 Å². The molecule has 0 saturated carbocycles. The predicted molar refractivity (Wildman–Crippen MR) is 113 cm³/mol. The van der Waals surface area contributed by atoms with Crippen LogP contribution >= 0.6 is 0 Å². The Balaban J connectivity index is 1.29. The minimum atomic E-state index is -0.121. The molecule has 7 nitrogen and oxygen atoms in total. The van der Waals surface area contributed by atoms with Crippen molar-refractivity contribution in [2.45, 2.75) is 25.7 Å². The molecule has 7 heteroatoms. The van der Waals surface area contributed by atoms with E-state index in [0.717, 1.165) is 30.0 Å². The Morgan fingerprint density at radius 3 is 2.60 bits per heavy atom. The summed E-state index contributed by atoms with van der Waals surface area (Å²) in [7, 11) is 1.62. The van der Waals surface area contributed by atoms with Crippen molar-refractivity contribution < 1.29 is 18.7 Å². The van der Waals surface area contributed by atoms with Crippen LogP contribution < -0.4 is 15.0 Å². The standard InChI is InChI=1S/C23H23N3O4/c1-29-19-10-4-16(5-11-19)20-15-24-22(30-20)13-12-21(27)25-17-6-8-18(9-7-17)26-14-2-3-23(26)28/h4-11,15H,2-3,12-14H2,1H3,(H,25,27). The molecule has 0 aliphatic carbocycles. The average molecular weight is 405 g/mol. The number of nitrogens with one attached hydrogen (secondary N) is 1. The van der Waals surface area contributed by atoms with E-state index in [1.54, 1.807) is 18.2 Å². The first-order valence-corrected chi connectivity index (χ1v) is 9.92. The summed E-state index contributed by atoms with van der Waals surface area (Å²) >= 11 is 0. The minimum Gasteiger partial charge on any atom is -0.497 e. The number of rotatable bonds is 7. The number of nitrogens with zero attached hydrogens (tertiary/aromatic N) is 2. The second kappa shape index (κ2) is 8.82. The van der Waals surface area contributed by atoms with Crippen LogP contribution in [0.15, 0.2) is 59.1 Å². The van der Waals surface area contributed by atoms with E-state index >= 15 is 0 Å². The number of hydrogen-bond acceptors (Lipinski definition) is 5. The molecule has 30 heavy (non-hydrogen) atoms. The lowest BCUT2D eigenvalue weighted by Gasteiger charge is -2.16. The molecule has 1 N–H and O–H groups in total. The molecule has 1 aliphatic rings. The second-order valence-electron chi connectivity index (χ2n) is 7.09. The molecule has 1 fully saturated rings. The van der Waals surface area contributed by atoms with E-state index in [2.05, 4.69) is 10.3 Å². The summed E-state index contributed by atoms with van der Waals surface area (Å²) in [5.41, 5.74) is 2.46. The van der Waals surface area contributed by atoms with Gasteiger partial charge in [-0.15, -0.1) is 0 Å². The van der Waals surface area contributed by atoms with Crippen LogP contribution in [0.3, 0.4) is 0 Å². The zero-order chi connectivity index (χ0) is 20.9. The van der Waals surface area contributed by atoms with E-state index < -0.39 is 0 Å². The van der Waals surface area contributed by atoms with Crippen molar-refractivity contribution in [1.82, 2.24) is 4.98 Å². The highest BCUT2D eigenvalue weighted by atomic mass is 16.5. The summed E-state index contributed by atoms with van der Waals surface area (Å²) in [5, 5.41) is 2.87. The van der Waals surface area contributed by atoms with Crippen LogP contribution in [-0.4, -0.2) is 30.5 Å². The van der Waals surface area contributed by atoms with Crippen LogP contribution in [0.1, 0.15) is 25.2 Å². The Morgan fingerprint density at radius 2 is 1.93 bits per heavy atom. The zero-order valence-electron chi connectivity index (χ0n) is 16.8. The lowest BCUT2D eigenvalue weighted by Crippen LogP contribution is -2.23. The average Bonchev–Trinajstić information content (AvgIpc) is 3.42. The number of carbonyl (C=O) groups is 2. The van der Waals surface area contributed by atoms with Crippen LogP contribution in [0.2, 0.25) is 0 Å². The number of aryl methyl sites for hydroxylation is 1. The molecule has 0 radical (unpaired) electrons. The highest BCUT2D eigenvalue weighted by Gasteiger charge is 2.21. The van der Waals surface area contributed by atoms with Gasteiger partial charge >= 0.3 is 0 Å². The number of hydrogen-bond donors (Lipinski definition) is 1. The van der Waals surface area contributed by atoms with Crippen molar-refractivity contribution in [3.05, 3.63) is 60.6 Å². The van der Waals surface area contributed by atoms with Crippen molar-refractivity contribution in [2.24, 2.45) is 0 Å². The highest BCUT2D eigenvalue weighted by Crippen LogP contribution is 2.24. The van der Waals surface area contributed by atoms with Crippen LogP contribution in [0, 0.1) is 0 Å². The molecule has 1 saturated heterocycles. The predicted octanol–water partition coefficient (Wildman–Crippen LogP) is 4.05. The molecular formula is C23H23N3O4. The fraction of sp³-hybridized carbons (Fsp3) is 0.261. The van der Waals surface area contributed by atoms with Gasteiger partial charge in [0.25, 0.3) is 0 Å². The number of carbonyl (C=O) groups excluding carboxylic acids is 2. The molecular weight excluding hydrogens is 382 g/mol. The molecule has 1 aromatic heterocycles. The first-order chi connectivity index (χ1) is 14.6. The Labute approximate surface area is 174 Å². The normalized spacial score (nSPS) is 13.5. The van der Waals surface area contributed by atoms with Gasteiger partial charge < -0.3 is 19.4 Å². The SMILES string of the molecule is COc1ccc(-c2cnc(CCC(=O)Nc3ccc(N4CCCC4=O)cc3)o2)cc1. The molecule has 2 amide bonds. The van der Waals surface area contributed by atoms with Crippen molar-refractivity contribution in [3.8, 4) is 17.1 Å². The van der Waals surface area contributed by atoms with E-state index in [0.29, 0.717) is 30.2 Å². The first kappa shape index (κ1) is 19.7. The highest BCUT2D eigenvalue weighted by molar-refractivity contribution is 5.96. The smallest absolute Gasteiger partial charge is 0.227 e. The van der Waals surface area contributed by atoms with E-state index in [9.17, 15) is 9.59 Å². The van der Waals surface area contributed by atoms with Crippen molar-refractivity contribution >= 4 is 23.2 Å². The number of ether oxygens (including phenoxy) is 1. The Morgan fingerprint density at radius 1 is 1.17 bits per heavy atom. The number of aromatic nitrogens is 1. The number of oxazole rings is 1. The quantitative estimate of drug-likeness (QED) is 0.641. The summed E-state index contributed by atoms with van der Waals surface area (Å²) in [6, 6.07) is 14.8. The summed E-state index contributed by atoms with van der Waals surface area (Å²) in [6.07, 6.45) is 3.81. The topological polar surface area (TPSA) is 84.7 Å². The van der Waals surface area contributed by atoms with Gasteiger partial charge in [-0.1, -0.05) is 0 Å². The summed E-state index contributed by atoms with van der Waals surface area (Å²) in [6.45, 7) is 0.749. The fourth-order valence-electron chi connectivity index (χ4n) is 3.40. The van der Waals surface area contributed by atoms with Crippen LogP contribution in [0.5, 0.6) is 5.75 Å². The number of benzene rings is 2. The maximum atomic E-state index is 12.3. The largest absolute Gasteiger partial charge is 0.497 e. The van der Waals surface area contributed by atoms with Gasteiger partial charge in [0.1, 0.15) is 5.75 Å². The zero-order valence-corrected chi connectivity index (χ0v) is 16.8. The lowest BCUT2D eigenvalue weighted by atomic mass is 10.2. The summed E-state index contributed by atoms with van der Waals surface area (Å²) in [4.78, 5) is 30.1. The summed E-state index contributed by atoms with van der Waals surface area (Å²) < 4.78 is 10.9. The van der Waals surface area contributed by atoms with Crippen LogP contribution in [0.25, 0.3) is 11.3 Å². The first-order valence-electron chi connectivity index (χ1n) is 9.92. The number of methoxy groups -OCH3 is 1. The van der Waals surface area contributed by atoms with Gasteiger partial charge in [-0.05, 0) is 55.0 Å². The number of amides is 2. The molecule has 4 rings (SSSR count). The van der Waals surface area contributed by atoms with Crippen molar-refractivity contribution in [3.63, 3.8) is 0 Å². The molecule has 1 aliphatic heterocycles. The maximum Gasteiger partial charge on any atom is 0.227 e. The number of anilines is 2. The molecule has 2 aromatic carbocycles. The molecule has 0 bridgehead atoms. The van der Waals surface area contributed by atoms with Gasteiger partial charge in [0.05, 0.1) is 13.3 Å². The van der Waals surface area contributed by atoms with Crippen LogP contribution in [0.4, 0.5) is 11.4 Å². The molecule has 0 unspecified atom stereocenters. The van der Waals surface area contributed by atoms with Gasteiger partial charge in [-0.25, -0.2) is 4.98 Å². The van der Waals surface area contributed by atoms with E-state index in [1.165, 1.54) is 0 Å². The fourth-order valence-corrected chi connectivity index (χ4v) is 3.40. The van der Waals surface area contributed by atoms with Gasteiger partial charge in [0, 0.05) is 42.7 Å². The van der Waals surface area contributed by atoms with Gasteiger partial charge in [0.2, 0.25) is 11.8 Å². The molecule has 3 aromatic rings. The van der Waals surface area contributed by atoms with E-state index in [-0.39, 0.29) is 18.2 Å². The molecule has 2 heterocycles. The molecule has 0 spiro atoms. The lowest BCUT2D eigenvalue weighted by molar-refractivity contribution is -0.117. The Kier molecular flexibility index (Phi) is 5.79. The Bertz CT molecular complexity index is 1030. The van der Waals surface area contributed by atoms with E-state index in [4.69, 9.17) is 9.15 Å². The minimum absolute atomic E-state index is 0.121. The third-order valence-electron chi connectivity index (χ3n) is 5.03. The van der Waals surface area contributed by atoms with Gasteiger partial charge in [-0.2, -0.15) is 0 Å². The monoisotopic (exact) mass is 405 g/mol. The molecule has 154 valence electrons. The van der Waals surface area contributed by atoms with E-state index in [1.807, 2.05) is 48.5 Å². The maximum absolute atomic E-state index is 12.3. The third-order valence-corrected chi connectivity index (χ3v) is 5.03. The third kappa shape index (κ3) is 4.51.